The van der Waals surface area contributed by atoms with Gasteiger partial charge in [0.2, 0.25) is 0 Å². The van der Waals surface area contributed by atoms with Gasteiger partial charge in [0, 0.05) is 37.9 Å². The molecule has 0 unspecified atom stereocenters. The van der Waals surface area contributed by atoms with Crippen molar-refractivity contribution in [2.45, 2.75) is 55.3 Å². The molecular formula is C47H48GeIrN2O-2. The van der Waals surface area contributed by atoms with Crippen LogP contribution in [0.1, 0.15) is 54.7 Å². The number of benzene rings is 4. The van der Waals surface area contributed by atoms with Crippen molar-refractivity contribution in [2.24, 2.45) is 0 Å². The Kier molecular flexibility index (Phi) is 11.3. The first-order chi connectivity index (χ1) is 24.6. The van der Waals surface area contributed by atoms with Crippen LogP contribution in [0.15, 0.2) is 126 Å². The molecule has 8 rings (SSSR count). The van der Waals surface area contributed by atoms with Crippen LogP contribution in [0.25, 0.3) is 55.6 Å². The molecule has 0 amide bonds. The second kappa shape index (κ2) is 15.7. The Bertz CT molecular complexity index is 2330. The fourth-order valence-electron chi connectivity index (χ4n) is 7.43. The molecule has 5 heteroatoms. The number of fused-ring (bicyclic) bond motifs is 3. The maximum Gasteiger partial charge on any atom is 0 e. The predicted molar refractivity (Wildman–Crippen MR) is 216 cm³/mol. The largest absolute Gasteiger partial charge is 0 e. The fraction of sp³-hybridized carbons (Fsp3) is 0.191. The molecule has 0 spiro atoms. The average Bonchev–Trinajstić information content (AvgIpc) is 3.51. The smallest absolute Gasteiger partial charge is 0 e. The number of aromatic nitrogens is 2. The van der Waals surface area contributed by atoms with E-state index in [0.717, 1.165) is 61.1 Å². The second-order valence-electron chi connectivity index (χ2n) is 15.0. The van der Waals surface area contributed by atoms with Gasteiger partial charge in [0.25, 0.3) is 0 Å². The van der Waals surface area contributed by atoms with Gasteiger partial charge in [-0.2, -0.15) is 18.6 Å². The van der Waals surface area contributed by atoms with E-state index in [-0.39, 0.29) is 20.1 Å². The summed E-state index contributed by atoms with van der Waals surface area (Å²) in [6.07, 6.45) is 10.8. The first kappa shape index (κ1) is 37.4. The molecule has 1 fully saturated rings. The summed E-state index contributed by atoms with van der Waals surface area (Å²) in [6.45, 7) is 8.44. The zero-order chi connectivity index (χ0) is 35.7. The third-order valence-corrected chi connectivity index (χ3v) is 14.7. The van der Waals surface area contributed by atoms with E-state index in [1.807, 2.05) is 33.4 Å². The van der Waals surface area contributed by atoms with Gasteiger partial charge in [-0.1, -0.05) is 78.9 Å². The van der Waals surface area contributed by atoms with Gasteiger partial charge in [0.15, 0.2) is 0 Å². The Morgan fingerprint density at radius 2 is 1.37 bits per heavy atom. The molecule has 4 aromatic carbocycles. The summed E-state index contributed by atoms with van der Waals surface area (Å²) in [6, 6.07) is 38.3. The van der Waals surface area contributed by atoms with Crippen molar-refractivity contribution < 1.29 is 33.7 Å². The van der Waals surface area contributed by atoms with Crippen LogP contribution in [-0.2, 0) is 20.1 Å². The molecule has 0 aliphatic heterocycles. The molecule has 0 bridgehead atoms. The minimum atomic E-state index is -1.78. The second-order valence-corrected chi connectivity index (χ2v) is 25.6. The summed E-state index contributed by atoms with van der Waals surface area (Å²) >= 11 is -1.78. The monoisotopic (exact) mass is 923 g/mol. The van der Waals surface area contributed by atoms with Gasteiger partial charge in [0.05, 0.1) is 17.5 Å². The van der Waals surface area contributed by atoms with Gasteiger partial charge in [-0.25, -0.2) is 0 Å². The molecule has 7 aromatic rings. The van der Waals surface area contributed by atoms with Crippen molar-refractivity contribution in [1.29, 1.82) is 0 Å². The Labute approximate surface area is 326 Å². The maximum atomic E-state index is 6.54. The van der Waals surface area contributed by atoms with Crippen LogP contribution in [0, 0.1) is 27.9 Å². The zero-order valence-corrected chi connectivity index (χ0v) is 35.1. The van der Waals surface area contributed by atoms with E-state index in [1.54, 1.807) is 0 Å². The van der Waals surface area contributed by atoms with Gasteiger partial charge in [-0.3, -0.25) is 0 Å². The van der Waals surface area contributed by atoms with Crippen molar-refractivity contribution in [2.75, 3.05) is 0 Å². The average molecular weight is 922 g/mol. The molecule has 1 radical (unpaired) electrons. The van der Waals surface area contributed by atoms with Crippen LogP contribution in [0.2, 0.25) is 17.3 Å². The number of furan rings is 1. The first-order valence-corrected chi connectivity index (χ1v) is 25.4. The Balaban J connectivity index is 0.000000208. The summed E-state index contributed by atoms with van der Waals surface area (Å²) in [4.78, 5) is 0. The van der Waals surface area contributed by atoms with E-state index >= 15 is 0 Å². The molecule has 3 aromatic heterocycles. The van der Waals surface area contributed by atoms with E-state index in [2.05, 4.69) is 143 Å². The topological polar surface area (TPSA) is 20.9 Å². The summed E-state index contributed by atoms with van der Waals surface area (Å²) < 4.78 is 11.9. The van der Waals surface area contributed by atoms with Crippen molar-refractivity contribution >= 4 is 39.6 Å². The van der Waals surface area contributed by atoms with Gasteiger partial charge in [-0.05, 0) is 42.0 Å². The molecule has 3 nitrogen and oxygen atoms in total. The van der Waals surface area contributed by atoms with Crippen LogP contribution in [0.3, 0.4) is 0 Å². The summed E-state index contributed by atoms with van der Waals surface area (Å²) in [7, 11) is 8.42. The Morgan fingerprint density at radius 3 is 2.08 bits per heavy atom. The SMILES string of the molecule is [CH2-]c1ccc2c(oc3cc(-c4ccccc4)ccc32)c1-c1cc(C2CCCCC2)cc[n+]1[CH2-].[CH2-]c1ccccc1-c1cc[c]([Ge]([CH3])([CH3])[CH3])c[n+]1[CH2-].[Ir]. The molecule has 1 aliphatic carbocycles. The number of hydrogen-bond acceptors (Lipinski definition) is 1. The van der Waals surface area contributed by atoms with E-state index in [1.165, 1.54) is 47.6 Å². The van der Waals surface area contributed by atoms with E-state index in [0.29, 0.717) is 5.92 Å². The minimum Gasteiger partial charge on any atom is 0 e. The molecule has 3 heterocycles. The normalized spacial score (nSPS) is 13.4. The molecule has 0 N–H and O–H groups in total. The third-order valence-electron chi connectivity index (χ3n) is 10.4. The number of rotatable bonds is 5. The van der Waals surface area contributed by atoms with Crippen LogP contribution < -0.4 is 13.5 Å². The number of hydrogen-bond donors (Lipinski definition) is 0. The predicted octanol–water partition coefficient (Wildman–Crippen LogP) is 11.1. The van der Waals surface area contributed by atoms with Crippen molar-refractivity contribution in [3.05, 3.63) is 166 Å². The molecule has 1 saturated carbocycles. The zero-order valence-electron chi connectivity index (χ0n) is 30.6. The fourth-order valence-corrected chi connectivity index (χ4v) is 9.79. The maximum absolute atomic E-state index is 6.54. The van der Waals surface area contributed by atoms with E-state index in [9.17, 15) is 0 Å². The minimum absolute atomic E-state index is 0. The van der Waals surface area contributed by atoms with Crippen LogP contribution in [0.5, 0.6) is 0 Å². The quantitative estimate of drug-likeness (QED) is 0.0957. The first-order valence-electron chi connectivity index (χ1n) is 18.1. The number of nitrogens with zero attached hydrogens (tertiary/aromatic N) is 2. The van der Waals surface area contributed by atoms with Gasteiger partial charge < -0.3 is 8.98 Å². The van der Waals surface area contributed by atoms with Gasteiger partial charge in [-0.15, -0.1) is 6.07 Å². The van der Waals surface area contributed by atoms with Crippen LogP contribution >= 0.6 is 0 Å². The molecule has 52 heavy (non-hydrogen) atoms. The van der Waals surface area contributed by atoms with Gasteiger partial charge >= 0.3 is 113 Å². The summed E-state index contributed by atoms with van der Waals surface area (Å²) in [5.41, 5.74) is 11.9. The molecule has 0 atom stereocenters. The van der Waals surface area contributed by atoms with Crippen molar-refractivity contribution in [3.8, 4) is 33.6 Å². The summed E-state index contributed by atoms with van der Waals surface area (Å²) in [5.74, 6) is 7.81. The van der Waals surface area contributed by atoms with Crippen LogP contribution in [-0.4, -0.2) is 13.3 Å². The third kappa shape index (κ3) is 7.71. The van der Waals surface area contributed by atoms with Crippen molar-refractivity contribution in [3.63, 3.8) is 0 Å². The van der Waals surface area contributed by atoms with Crippen LogP contribution in [0.4, 0.5) is 0 Å². The summed E-state index contributed by atoms with van der Waals surface area (Å²) in [5, 5.41) is 2.25. The molecule has 0 saturated heterocycles. The Hall–Kier alpha value is -4.35. The Morgan fingerprint density at radius 1 is 0.654 bits per heavy atom. The van der Waals surface area contributed by atoms with E-state index < -0.39 is 13.3 Å². The molecule has 267 valence electrons. The van der Waals surface area contributed by atoms with Crippen molar-refractivity contribution in [1.82, 2.24) is 0 Å². The molecular weight excluding hydrogens is 873 g/mol. The standard InChI is InChI=1S/C31H28NO.C16H20GeN.Ir/c1-21-13-15-27-26-16-14-24(22-9-5-3-6-10-22)20-29(26)33-31(27)30(21)28-19-25(17-18-32(28)2)23-11-7-4-8-12-23;1-13-8-6-7-9-15(13)16-11-10-14(12-18(16)5)17(2,3)4;/h3,5-6,9-10,13-20,23H,1-2,4,7-8,11-12H2;6-12H,1,5H2,2-4H3;/q2*-1;. The van der Waals surface area contributed by atoms with E-state index in [4.69, 9.17) is 4.42 Å². The van der Waals surface area contributed by atoms with Gasteiger partial charge in [0.1, 0.15) is 5.58 Å². The molecule has 1 aliphatic rings. The number of pyridine rings is 2.